The van der Waals surface area contributed by atoms with Crippen LogP contribution in [0, 0.1) is 0 Å². The zero-order valence-corrected chi connectivity index (χ0v) is 13.9. The molecule has 3 aromatic rings. The van der Waals surface area contributed by atoms with E-state index in [4.69, 9.17) is 10.7 Å². The Bertz CT molecular complexity index is 896. The smallest absolute Gasteiger partial charge is 0.0733 e. The van der Waals surface area contributed by atoms with Crippen LogP contribution in [0.15, 0.2) is 30.3 Å². The fraction of sp³-hybridized carbons (Fsp3) is 0.350. The number of aryl methyl sites for hydroxylation is 1. The number of nitrogens with two attached hydrogens (primary N) is 1. The lowest BCUT2D eigenvalue weighted by atomic mass is 9.95. The van der Waals surface area contributed by atoms with E-state index in [-0.39, 0.29) is 0 Å². The standard InChI is InChI=1S/C20H23N3/c1-23(2)14-9-8-13-10-17-15-6-4-3-5-7-16(15)18(21)12-20(17)22-19(13)11-14/h8-12H,3-7,21H2,1-2H3. The van der Waals surface area contributed by atoms with E-state index in [1.165, 1.54) is 46.8 Å². The molecule has 1 aliphatic carbocycles. The van der Waals surface area contributed by atoms with E-state index in [9.17, 15) is 0 Å². The number of rotatable bonds is 1. The van der Waals surface area contributed by atoms with Crippen molar-refractivity contribution in [1.29, 1.82) is 0 Å². The summed E-state index contributed by atoms with van der Waals surface area (Å²) in [5, 5.41) is 2.50. The number of fused-ring (bicyclic) bond motifs is 4. The van der Waals surface area contributed by atoms with Crippen molar-refractivity contribution in [2.24, 2.45) is 0 Å². The molecule has 0 saturated carbocycles. The topological polar surface area (TPSA) is 42.1 Å². The highest BCUT2D eigenvalue weighted by Gasteiger charge is 2.16. The summed E-state index contributed by atoms with van der Waals surface area (Å²) in [5.41, 5.74) is 13.3. The van der Waals surface area contributed by atoms with Gasteiger partial charge in [0.15, 0.2) is 0 Å². The highest BCUT2D eigenvalue weighted by Crippen LogP contribution is 2.34. The summed E-state index contributed by atoms with van der Waals surface area (Å²) in [6.07, 6.45) is 6.02. The van der Waals surface area contributed by atoms with E-state index in [0.29, 0.717) is 0 Å². The van der Waals surface area contributed by atoms with Crippen LogP contribution in [-0.2, 0) is 12.8 Å². The Kier molecular flexibility index (Phi) is 3.37. The minimum Gasteiger partial charge on any atom is -0.398 e. The lowest BCUT2D eigenvalue weighted by Gasteiger charge is -2.15. The highest BCUT2D eigenvalue weighted by molar-refractivity contribution is 5.97. The van der Waals surface area contributed by atoms with Gasteiger partial charge in [-0.05, 0) is 61.1 Å². The van der Waals surface area contributed by atoms with E-state index in [1.54, 1.807) is 0 Å². The molecule has 2 aromatic carbocycles. The molecule has 0 amide bonds. The second-order valence-corrected chi connectivity index (χ2v) is 6.81. The maximum atomic E-state index is 6.35. The SMILES string of the molecule is CN(C)c1ccc2cc3c4c(c(N)cc3nc2c1)CCCCC4. The fourth-order valence-corrected chi connectivity index (χ4v) is 3.73. The van der Waals surface area contributed by atoms with Crippen molar-refractivity contribution < 1.29 is 0 Å². The van der Waals surface area contributed by atoms with Gasteiger partial charge in [-0.1, -0.05) is 12.5 Å². The molecule has 0 atom stereocenters. The van der Waals surface area contributed by atoms with E-state index in [0.717, 1.165) is 29.6 Å². The molecule has 118 valence electrons. The van der Waals surface area contributed by atoms with Gasteiger partial charge in [0.25, 0.3) is 0 Å². The zero-order chi connectivity index (χ0) is 16.0. The van der Waals surface area contributed by atoms with Crippen molar-refractivity contribution in [3.63, 3.8) is 0 Å². The number of nitrogens with zero attached hydrogens (tertiary/aromatic N) is 2. The molecule has 2 N–H and O–H groups in total. The molecule has 0 fully saturated rings. The third kappa shape index (κ3) is 2.40. The second-order valence-electron chi connectivity index (χ2n) is 6.81. The maximum Gasteiger partial charge on any atom is 0.0733 e. The normalized spacial score (nSPS) is 14.7. The Labute approximate surface area is 137 Å². The first-order valence-electron chi connectivity index (χ1n) is 8.45. The number of benzene rings is 2. The average Bonchev–Trinajstić information content (AvgIpc) is 2.79. The van der Waals surface area contributed by atoms with Crippen molar-refractivity contribution in [2.45, 2.75) is 32.1 Å². The maximum absolute atomic E-state index is 6.35. The minimum absolute atomic E-state index is 0.921. The first-order valence-corrected chi connectivity index (χ1v) is 8.45. The molecule has 0 bridgehead atoms. The summed E-state index contributed by atoms with van der Waals surface area (Å²) in [7, 11) is 4.11. The largest absolute Gasteiger partial charge is 0.398 e. The first-order chi connectivity index (χ1) is 11.1. The molecule has 4 rings (SSSR count). The van der Waals surface area contributed by atoms with Crippen molar-refractivity contribution in [2.75, 3.05) is 24.7 Å². The minimum atomic E-state index is 0.921. The fourth-order valence-electron chi connectivity index (χ4n) is 3.73. The monoisotopic (exact) mass is 305 g/mol. The van der Waals surface area contributed by atoms with Gasteiger partial charge < -0.3 is 10.6 Å². The predicted molar refractivity (Wildman–Crippen MR) is 99.2 cm³/mol. The van der Waals surface area contributed by atoms with Crippen LogP contribution in [0.2, 0.25) is 0 Å². The molecule has 0 radical (unpaired) electrons. The van der Waals surface area contributed by atoms with E-state index < -0.39 is 0 Å². The van der Waals surface area contributed by atoms with Crippen LogP contribution in [0.1, 0.15) is 30.4 Å². The van der Waals surface area contributed by atoms with Gasteiger partial charge in [-0.15, -0.1) is 0 Å². The predicted octanol–water partition coefficient (Wildman–Crippen LogP) is 4.31. The number of hydrogen-bond donors (Lipinski definition) is 1. The van der Waals surface area contributed by atoms with E-state index in [2.05, 4.69) is 49.3 Å². The number of nitrogen functional groups attached to an aromatic ring is 1. The molecule has 1 heterocycles. The van der Waals surface area contributed by atoms with Crippen LogP contribution in [-0.4, -0.2) is 19.1 Å². The van der Waals surface area contributed by atoms with Crippen LogP contribution in [0.25, 0.3) is 21.8 Å². The van der Waals surface area contributed by atoms with Gasteiger partial charge in [0.1, 0.15) is 0 Å². The summed E-state index contributed by atoms with van der Waals surface area (Å²) in [5.74, 6) is 0. The van der Waals surface area contributed by atoms with E-state index >= 15 is 0 Å². The Balaban J connectivity index is 2.00. The summed E-state index contributed by atoms with van der Waals surface area (Å²) in [4.78, 5) is 7.02. The van der Waals surface area contributed by atoms with Crippen molar-refractivity contribution >= 4 is 33.2 Å². The Hall–Kier alpha value is -2.29. The van der Waals surface area contributed by atoms with Gasteiger partial charge in [0.05, 0.1) is 11.0 Å². The number of pyridine rings is 1. The second kappa shape index (κ2) is 5.41. The molecule has 3 heteroatoms. The lowest BCUT2D eigenvalue weighted by molar-refractivity contribution is 0.712. The Morgan fingerprint density at radius 1 is 0.913 bits per heavy atom. The third-order valence-corrected chi connectivity index (χ3v) is 5.03. The lowest BCUT2D eigenvalue weighted by Crippen LogP contribution is -2.08. The van der Waals surface area contributed by atoms with Gasteiger partial charge in [-0.25, -0.2) is 4.98 Å². The zero-order valence-electron chi connectivity index (χ0n) is 13.9. The van der Waals surface area contributed by atoms with Gasteiger partial charge in [-0.2, -0.15) is 0 Å². The van der Waals surface area contributed by atoms with Gasteiger partial charge in [-0.3, -0.25) is 0 Å². The quantitative estimate of drug-likeness (QED) is 0.414. The van der Waals surface area contributed by atoms with Gasteiger partial charge in [0.2, 0.25) is 0 Å². The number of anilines is 2. The third-order valence-electron chi connectivity index (χ3n) is 5.03. The van der Waals surface area contributed by atoms with Crippen LogP contribution in [0.4, 0.5) is 11.4 Å². The molecular formula is C20H23N3. The summed E-state index contributed by atoms with van der Waals surface area (Å²) in [6, 6.07) is 10.9. The molecule has 0 saturated heterocycles. The summed E-state index contributed by atoms with van der Waals surface area (Å²) >= 11 is 0. The van der Waals surface area contributed by atoms with Crippen LogP contribution < -0.4 is 10.6 Å². The average molecular weight is 305 g/mol. The van der Waals surface area contributed by atoms with Crippen LogP contribution >= 0.6 is 0 Å². The summed E-state index contributed by atoms with van der Waals surface area (Å²) in [6.45, 7) is 0. The Morgan fingerprint density at radius 2 is 1.70 bits per heavy atom. The molecule has 0 unspecified atom stereocenters. The highest BCUT2D eigenvalue weighted by atomic mass is 15.1. The molecule has 1 aliphatic rings. The molecule has 0 aliphatic heterocycles. The Morgan fingerprint density at radius 3 is 2.48 bits per heavy atom. The molecule has 23 heavy (non-hydrogen) atoms. The van der Waals surface area contributed by atoms with Gasteiger partial charge in [0, 0.05) is 36.2 Å². The van der Waals surface area contributed by atoms with Crippen molar-refractivity contribution in [1.82, 2.24) is 4.98 Å². The summed E-state index contributed by atoms with van der Waals surface area (Å²) < 4.78 is 0. The molecular weight excluding hydrogens is 282 g/mol. The first kappa shape index (κ1) is 14.3. The van der Waals surface area contributed by atoms with Crippen molar-refractivity contribution in [3.8, 4) is 0 Å². The number of aromatic nitrogens is 1. The molecule has 0 spiro atoms. The van der Waals surface area contributed by atoms with Gasteiger partial charge >= 0.3 is 0 Å². The molecule has 3 nitrogen and oxygen atoms in total. The number of hydrogen-bond acceptors (Lipinski definition) is 3. The van der Waals surface area contributed by atoms with Crippen LogP contribution in [0.5, 0.6) is 0 Å². The van der Waals surface area contributed by atoms with Crippen molar-refractivity contribution in [3.05, 3.63) is 41.5 Å². The molecule has 1 aromatic heterocycles. The van der Waals surface area contributed by atoms with Crippen LogP contribution in [0.3, 0.4) is 0 Å². The van der Waals surface area contributed by atoms with E-state index in [1.807, 2.05) is 0 Å².